The molecule has 3 unspecified atom stereocenters. The molecule has 0 aliphatic carbocycles. The molecule has 1 aromatic rings. The largest absolute Gasteiger partial charge is 0.505 e. The van der Waals surface area contributed by atoms with Gasteiger partial charge in [0.05, 0.1) is 0 Å². The Morgan fingerprint density at radius 1 is 1.30 bits per heavy atom. The van der Waals surface area contributed by atoms with Crippen molar-refractivity contribution in [2.24, 2.45) is 5.92 Å². The number of phenols is 1. The number of phenolic OH excluding ortho intramolecular Hbond substituents is 1. The second-order valence-corrected chi connectivity index (χ2v) is 5.60. The lowest BCUT2D eigenvalue weighted by Crippen LogP contribution is -2.47. The molecule has 2 rings (SSSR count). The Bertz CT molecular complexity index is 645. The Kier molecular flexibility index (Phi) is 4.04. The van der Waals surface area contributed by atoms with E-state index in [0.717, 1.165) is 13.0 Å². The molecular formula is C14H13F5O4. The van der Waals surface area contributed by atoms with Crippen molar-refractivity contribution in [1.29, 1.82) is 0 Å². The van der Waals surface area contributed by atoms with Gasteiger partial charge < -0.3 is 14.9 Å². The van der Waals surface area contributed by atoms with Crippen molar-refractivity contribution in [1.82, 2.24) is 0 Å². The molecule has 4 atom stereocenters. The van der Waals surface area contributed by atoms with E-state index in [0.29, 0.717) is 13.0 Å². The Hall–Kier alpha value is -1.90. The van der Waals surface area contributed by atoms with Crippen molar-refractivity contribution in [3.8, 4) is 5.75 Å². The summed E-state index contributed by atoms with van der Waals surface area (Å²) in [5.74, 6) is -8.93. The van der Waals surface area contributed by atoms with Gasteiger partial charge in [-0.15, -0.1) is 0 Å². The second-order valence-electron chi connectivity index (χ2n) is 5.60. The first-order chi connectivity index (χ1) is 10.4. The summed E-state index contributed by atoms with van der Waals surface area (Å²) in [7, 11) is 0. The number of aliphatic carboxylic acids is 1. The lowest BCUT2D eigenvalue weighted by atomic mass is 9.77. The van der Waals surface area contributed by atoms with Crippen molar-refractivity contribution < 1.29 is 41.7 Å². The molecule has 1 fully saturated rings. The first-order valence-electron chi connectivity index (χ1n) is 6.56. The molecule has 9 heteroatoms. The van der Waals surface area contributed by atoms with Crippen LogP contribution in [0.2, 0.25) is 0 Å². The summed E-state index contributed by atoms with van der Waals surface area (Å²) in [5, 5.41) is 18.8. The van der Waals surface area contributed by atoms with E-state index >= 15 is 0 Å². The van der Waals surface area contributed by atoms with Crippen LogP contribution in [-0.2, 0) is 9.53 Å². The number of hydrogen-bond acceptors (Lipinski definition) is 3. The van der Waals surface area contributed by atoms with Crippen molar-refractivity contribution in [2.75, 3.05) is 0 Å². The van der Waals surface area contributed by atoms with Crippen LogP contribution in [0.1, 0.15) is 25.3 Å². The maximum atomic E-state index is 13.5. The van der Waals surface area contributed by atoms with Gasteiger partial charge >= 0.3 is 12.1 Å². The third-order valence-corrected chi connectivity index (χ3v) is 4.37. The van der Waals surface area contributed by atoms with E-state index < -0.39 is 58.6 Å². The standard InChI is InChI=1S/C14H13F5O4/c1-5-8(6-3-4-7(15)9(16)10(6)20)11(12(21)22)23-13(5,2)14(17,18)19/h3-5,8,11,20H,1-2H3,(H,21,22)/t5?,8?,11-,13?/m1/s1. The minimum Gasteiger partial charge on any atom is -0.505 e. The molecule has 2 N–H and O–H groups in total. The van der Waals surface area contributed by atoms with Crippen LogP contribution in [0.25, 0.3) is 0 Å². The molecule has 0 bridgehead atoms. The summed E-state index contributed by atoms with van der Waals surface area (Å²) in [6, 6.07) is 1.47. The second kappa shape index (κ2) is 5.33. The molecular weight excluding hydrogens is 327 g/mol. The lowest BCUT2D eigenvalue weighted by Gasteiger charge is -2.31. The van der Waals surface area contributed by atoms with E-state index in [1.807, 2.05) is 0 Å². The molecule has 1 aromatic carbocycles. The van der Waals surface area contributed by atoms with Gasteiger partial charge in [-0.3, -0.25) is 0 Å². The highest BCUT2D eigenvalue weighted by Crippen LogP contribution is 2.54. The van der Waals surface area contributed by atoms with E-state index in [1.165, 1.54) is 0 Å². The summed E-state index contributed by atoms with van der Waals surface area (Å²) in [6.07, 6.45) is -6.85. The van der Waals surface area contributed by atoms with Crippen LogP contribution >= 0.6 is 0 Å². The molecule has 1 aliphatic heterocycles. The lowest BCUT2D eigenvalue weighted by molar-refractivity contribution is -0.273. The van der Waals surface area contributed by atoms with Gasteiger partial charge in [-0.2, -0.15) is 17.6 Å². The van der Waals surface area contributed by atoms with Gasteiger partial charge in [-0.05, 0) is 13.0 Å². The number of aromatic hydroxyl groups is 1. The number of carbonyl (C=O) groups is 1. The summed E-state index contributed by atoms with van der Waals surface area (Å²) in [6.45, 7) is 1.77. The molecule has 23 heavy (non-hydrogen) atoms. The third kappa shape index (κ3) is 2.52. The number of carboxylic acid groups (broad SMARTS) is 1. The van der Waals surface area contributed by atoms with Crippen LogP contribution in [0, 0.1) is 17.6 Å². The minimum atomic E-state index is -4.89. The zero-order chi connectivity index (χ0) is 17.7. The van der Waals surface area contributed by atoms with Crippen LogP contribution in [0.5, 0.6) is 5.75 Å². The summed E-state index contributed by atoms with van der Waals surface area (Å²) in [5.41, 5.74) is -3.25. The quantitative estimate of drug-likeness (QED) is 0.812. The summed E-state index contributed by atoms with van der Waals surface area (Å²) < 4.78 is 71.0. The van der Waals surface area contributed by atoms with Crippen molar-refractivity contribution >= 4 is 5.97 Å². The summed E-state index contributed by atoms with van der Waals surface area (Å²) >= 11 is 0. The highest BCUT2D eigenvalue weighted by atomic mass is 19.4. The Morgan fingerprint density at radius 3 is 2.35 bits per heavy atom. The summed E-state index contributed by atoms with van der Waals surface area (Å²) in [4.78, 5) is 11.3. The van der Waals surface area contributed by atoms with E-state index in [1.54, 1.807) is 0 Å². The molecule has 0 amide bonds. The number of ether oxygens (including phenoxy) is 1. The average molecular weight is 340 g/mol. The average Bonchev–Trinajstić information content (AvgIpc) is 2.71. The third-order valence-electron chi connectivity index (χ3n) is 4.37. The van der Waals surface area contributed by atoms with E-state index in [4.69, 9.17) is 9.84 Å². The molecule has 128 valence electrons. The number of alkyl halides is 3. The maximum absolute atomic E-state index is 13.5. The van der Waals surface area contributed by atoms with Crippen molar-refractivity contribution in [3.63, 3.8) is 0 Å². The van der Waals surface area contributed by atoms with Crippen LogP contribution in [-0.4, -0.2) is 34.1 Å². The van der Waals surface area contributed by atoms with Gasteiger partial charge in [0.1, 0.15) is 0 Å². The molecule has 0 saturated carbocycles. The fourth-order valence-corrected chi connectivity index (χ4v) is 2.83. The Balaban J connectivity index is 2.60. The Labute approximate surface area is 127 Å². The number of benzene rings is 1. The first-order valence-corrected chi connectivity index (χ1v) is 6.56. The van der Waals surface area contributed by atoms with Gasteiger partial charge in [-0.1, -0.05) is 13.0 Å². The number of carboxylic acids is 1. The minimum absolute atomic E-state index is 0.447. The van der Waals surface area contributed by atoms with Crippen LogP contribution in [0.3, 0.4) is 0 Å². The highest BCUT2D eigenvalue weighted by molar-refractivity contribution is 5.75. The normalized spacial score (nSPS) is 31.3. The zero-order valence-corrected chi connectivity index (χ0v) is 12.0. The van der Waals surface area contributed by atoms with Crippen molar-refractivity contribution in [3.05, 3.63) is 29.3 Å². The smallest absolute Gasteiger partial charge is 0.417 e. The number of hydrogen-bond donors (Lipinski definition) is 2. The first kappa shape index (κ1) is 17.5. The van der Waals surface area contributed by atoms with E-state index in [9.17, 15) is 31.9 Å². The Morgan fingerprint density at radius 2 is 1.87 bits per heavy atom. The molecule has 1 saturated heterocycles. The molecule has 1 heterocycles. The zero-order valence-electron chi connectivity index (χ0n) is 12.0. The predicted octanol–water partition coefficient (Wildman–Crippen LogP) is 3.19. The number of rotatable bonds is 2. The van der Waals surface area contributed by atoms with E-state index in [-0.39, 0.29) is 0 Å². The maximum Gasteiger partial charge on any atom is 0.417 e. The molecule has 0 spiro atoms. The topological polar surface area (TPSA) is 66.8 Å². The molecule has 0 radical (unpaired) electrons. The fraction of sp³-hybridized carbons (Fsp3) is 0.500. The SMILES string of the molecule is CC1C(c2ccc(F)c(F)c2O)[C@H](C(=O)O)OC1(C)C(F)(F)F. The monoisotopic (exact) mass is 340 g/mol. The van der Waals surface area contributed by atoms with E-state index in [2.05, 4.69) is 0 Å². The highest BCUT2D eigenvalue weighted by Gasteiger charge is 2.66. The van der Waals surface area contributed by atoms with Gasteiger partial charge in [0.2, 0.25) is 5.82 Å². The fourth-order valence-electron chi connectivity index (χ4n) is 2.83. The van der Waals surface area contributed by atoms with Gasteiger partial charge in [0.15, 0.2) is 23.3 Å². The molecule has 1 aliphatic rings. The van der Waals surface area contributed by atoms with Crippen molar-refractivity contribution in [2.45, 2.75) is 37.6 Å². The van der Waals surface area contributed by atoms with Crippen LogP contribution in [0.15, 0.2) is 12.1 Å². The molecule has 0 aromatic heterocycles. The van der Waals surface area contributed by atoms with Gasteiger partial charge in [0.25, 0.3) is 0 Å². The van der Waals surface area contributed by atoms with Gasteiger partial charge in [0, 0.05) is 17.4 Å². The van der Waals surface area contributed by atoms with Crippen LogP contribution in [0.4, 0.5) is 22.0 Å². The molecule has 4 nitrogen and oxygen atoms in total. The van der Waals surface area contributed by atoms with Crippen LogP contribution < -0.4 is 0 Å². The predicted molar refractivity (Wildman–Crippen MR) is 66.9 cm³/mol. The number of halogens is 5. The van der Waals surface area contributed by atoms with Gasteiger partial charge in [-0.25, -0.2) is 9.18 Å².